The van der Waals surface area contributed by atoms with E-state index in [4.69, 9.17) is 0 Å². The first-order valence-electron chi connectivity index (χ1n) is 8.31. The van der Waals surface area contributed by atoms with Gasteiger partial charge in [-0.3, -0.25) is 4.55 Å². The molecule has 2 aromatic carbocycles. The van der Waals surface area contributed by atoms with Gasteiger partial charge in [0, 0.05) is 30.9 Å². The zero-order chi connectivity index (χ0) is 18.0. The molecule has 1 unspecified atom stereocenters. The van der Waals surface area contributed by atoms with E-state index < -0.39 is 15.4 Å². The minimum Gasteiger partial charge on any atom is -0.285 e. The van der Waals surface area contributed by atoms with E-state index in [1.54, 1.807) is 0 Å². The van der Waals surface area contributed by atoms with Gasteiger partial charge in [0.15, 0.2) is 12.2 Å². The predicted octanol–water partition coefficient (Wildman–Crippen LogP) is 3.77. The average molecular weight is 356 g/mol. The average Bonchev–Trinajstić information content (AvgIpc) is 2.60. The number of aromatic nitrogens is 1. The maximum absolute atomic E-state index is 11.2. The van der Waals surface area contributed by atoms with Crippen molar-refractivity contribution in [1.29, 1.82) is 0 Å². The van der Waals surface area contributed by atoms with Crippen LogP contribution in [0.15, 0.2) is 60.7 Å². The summed E-state index contributed by atoms with van der Waals surface area (Å²) in [5, 5.41) is 0.324. The lowest BCUT2D eigenvalue weighted by molar-refractivity contribution is -0.677. The lowest BCUT2D eigenvalue weighted by atomic mass is 10.0. The second-order valence-electron chi connectivity index (χ2n) is 6.38. The number of aryl methyl sites for hydroxylation is 2. The summed E-state index contributed by atoms with van der Waals surface area (Å²) in [5.41, 5.74) is 4.43. The van der Waals surface area contributed by atoms with Gasteiger partial charge in [0.25, 0.3) is 10.1 Å². The molecule has 0 aliphatic carbocycles. The van der Waals surface area contributed by atoms with Gasteiger partial charge in [0.2, 0.25) is 5.52 Å². The van der Waals surface area contributed by atoms with Gasteiger partial charge >= 0.3 is 0 Å². The van der Waals surface area contributed by atoms with Crippen LogP contribution in [0.4, 0.5) is 0 Å². The smallest absolute Gasteiger partial charge is 0.267 e. The van der Waals surface area contributed by atoms with Crippen molar-refractivity contribution < 1.29 is 17.5 Å². The molecule has 0 saturated heterocycles. The van der Waals surface area contributed by atoms with Gasteiger partial charge in [-0.1, -0.05) is 30.3 Å². The van der Waals surface area contributed by atoms with Crippen LogP contribution in [0.3, 0.4) is 0 Å². The summed E-state index contributed by atoms with van der Waals surface area (Å²) >= 11 is 0. The Morgan fingerprint density at radius 1 is 1.00 bits per heavy atom. The minimum absolute atomic E-state index is 0.365. The van der Waals surface area contributed by atoms with Crippen LogP contribution in [0.5, 0.6) is 0 Å². The Labute approximate surface area is 148 Å². The summed E-state index contributed by atoms with van der Waals surface area (Å²) in [6.45, 7) is 4.07. The normalized spacial score (nSPS) is 13.1. The largest absolute Gasteiger partial charge is 0.285 e. The van der Waals surface area contributed by atoms with E-state index in [1.165, 1.54) is 6.92 Å². The Kier molecular flexibility index (Phi) is 4.88. The topological polar surface area (TPSA) is 58.2 Å². The predicted molar refractivity (Wildman–Crippen MR) is 99.9 cm³/mol. The zero-order valence-corrected chi connectivity index (χ0v) is 15.2. The van der Waals surface area contributed by atoms with Crippen molar-refractivity contribution in [3.05, 3.63) is 66.4 Å². The molecule has 1 aromatic heterocycles. The summed E-state index contributed by atoms with van der Waals surface area (Å²) in [6.07, 6.45) is 0.365. The van der Waals surface area contributed by atoms with Crippen LogP contribution >= 0.6 is 0 Å². The van der Waals surface area contributed by atoms with Crippen molar-refractivity contribution in [2.75, 3.05) is 0 Å². The molecule has 3 aromatic rings. The molecule has 0 aliphatic heterocycles. The van der Waals surface area contributed by atoms with Crippen molar-refractivity contribution in [3.8, 4) is 11.1 Å². The summed E-state index contributed by atoms with van der Waals surface area (Å²) in [5.74, 6) is 0. The minimum atomic E-state index is -4.00. The Morgan fingerprint density at radius 3 is 2.40 bits per heavy atom. The highest BCUT2D eigenvalue weighted by molar-refractivity contribution is 7.86. The molecule has 0 aliphatic rings. The first-order chi connectivity index (χ1) is 11.9. The molecule has 0 radical (unpaired) electrons. The van der Waals surface area contributed by atoms with Gasteiger partial charge in [0.1, 0.15) is 0 Å². The van der Waals surface area contributed by atoms with Crippen molar-refractivity contribution in [3.63, 3.8) is 0 Å². The van der Waals surface area contributed by atoms with Crippen LogP contribution in [-0.2, 0) is 16.7 Å². The Hall–Kier alpha value is -2.24. The van der Waals surface area contributed by atoms with Crippen LogP contribution in [-0.4, -0.2) is 18.2 Å². The monoisotopic (exact) mass is 356 g/mol. The standard InChI is InChI=1S/C20H21NO3S/c1-15-8-9-19-14-18(17-6-4-3-5-7-17)10-11-20(19)21(15)13-12-16(2)25(22,23)24/h3-11,14,16H,12-13H2,1-2H3/p+1. The first-order valence-corrected chi connectivity index (χ1v) is 9.81. The number of hydrogen-bond donors (Lipinski definition) is 1. The van der Waals surface area contributed by atoms with Gasteiger partial charge in [0.05, 0.1) is 5.25 Å². The molecule has 130 valence electrons. The van der Waals surface area contributed by atoms with E-state index >= 15 is 0 Å². The number of nitrogens with zero attached hydrogens (tertiary/aromatic N) is 1. The fourth-order valence-electron chi connectivity index (χ4n) is 2.99. The Balaban J connectivity index is 1.97. The van der Waals surface area contributed by atoms with Crippen LogP contribution in [0.1, 0.15) is 19.0 Å². The van der Waals surface area contributed by atoms with Crippen molar-refractivity contribution in [1.82, 2.24) is 0 Å². The van der Waals surface area contributed by atoms with E-state index in [2.05, 4.69) is 41.0 Å². The van der Waals surface area contributed by atoms with E-state index in [9.17, 15) is 13.0 Å². The molecule has 25 heavy (non-hydrogen) atoms. The second-order valence-corrected chi connectivity index (χ2v) is 8.21. The molecule has 1 N–H and O–H groups in total. The third-order valence-electron chi connectivity index (χ3n) is 4.62. The van der Waals surface area contributed by atoms with Gasteiger partial charge in [-0.2, -0.15) is 13.0 Å². The fourth-order valence-corrected chi connectivity index (χ4v) is 3.39. The molecule has 4 nitrogen and oxygen atoms in total. The number of fused-ring (bicyclic) bond motifs is 1. The summed E-state index contributed by atoms with van der Waals surface area (Å²) < 4.78 is 33.8. The van der Waals surface area contributed by atoms with Gasteiger partial charge < -0.3 is 0 Å². The molecular weight excluding hydrogens is 334 g/mol. The molecule has 0 spiro atoms. The number of pyridine rings is 1. The quantitative estimate of drug-likeness (QED) is 0.559. The third kappa shape index (κ3) is 3.89. The maximum Gasteiger partial charge on any atom is 0.267 e. The van der Waals surface area contributed by atoms with Crippen molar-refractivity contribution in [2.24, 2.45) is 0 Å². The van der Waals surface area contributed by atoms with Crippen LogP contribution in [0, 0.1) is 6.92 Å². The third-order valence-corrected chi connectivity index (χ3v) is 5.88. The molecule has 0 amide bonds. The lowest BCUT2D eigenvalue weighted by Crippen LogP contribution is -2.39. The van der Waals surface area contributed by atoms with Crippen molar-refractivity contribution in [2.45, 2.75) is 32.1 Å². The van der Waals surface area contributed by atoms with E-state index in [-0.39, 0.29) is 0 Å². The Morgan fingerprint density at radius 2 is 1.72 bits per heavy atom. The molecule has 1 atom stereocenters. The number of hydrogen-bond acceptors (Lipinski definition) is 2. The van der Waals surface area contributed by atoms with Crippen LogP contribution < -0.4 is 4.57 Å². The SMILES string of the molecule is Cc1ccc2cc(-c3ccccc3)ccc2[n+]1CCC(C)S(=O)(=O)O. The number of rotatable bonds is 5. The van der Waals surface area contributed by atoms with E-state index in [0.29, 0.717) is 13.0 Å². The Bertz CT molecular complexity index is 998. The molecule has 1 heterocycles. The second kappa shape index (κ2) is 6.94. The molecule has 3 rings (SSSR count). The summed E-state index contributed by atoms with van der Waals surface area (Å²) in [4.78, 5) is 0. The van der Waals surface area contributed by atoms with E-state index in [1.807, 2.05) is 31.2 Å². The first kappa shape index (κ1) is 17.6. The molecule has 0 saturated carbocycles. The highest BCUT2D eigenvalue weighted by Crippen LogP contribution is 2.23. The van der Waals surface area contributed by atoms with Gasteiger partial charge in [-0.05, 0) is 36.2 Å². The van der Waals surface area contributed by atoms with Crippen molar-refractivity contribution >= 4 is 21.0 Å². The summed E-state index contributed by atoms with van der Waals surface area (Å²) in [6, 6.07) is 20.6. The number of benzene rings is 2. The molecular formula is C20H22NO3S+. The maximum atomic E-state index is 11.2. The van der Waals surface area contributed by atoms with Crippen LogP contribution in [0.2, 0.25) is 0 Å². The highest BCUT2D eigenvalue weighted by atomic mass is 32.2. The van der Waals surface area contributed by atoms with Gasteiger partial charge in [-0.15, -0.1) is 0 Å². The zero-order valence-electron chi connectivity index (χ0n) is 14.4. The highest BCUT2D eigenvalue weighted by Gasteiger charge is 2.21. The summed E-state index contributed by atoms with van der Waals surface area (Å²) in [7, 11) is -4.00. The van der Waals surface area contributed by atoms with E-state index in [0.717, 1.165) is 27.7 Å². The fraction of sp³-hybridized carbons (Fsp3) is 0.250. The van der Waals surface area contributed by atoms with Gasteiger partial charge in [-0.25, -0.2) is 0 Å². The molecule has 0 fully saturated rings. The van der Waals surface area contributed by atoms with Crippen LogP contribution in [0.25, 0.3) is 22.0 Å². The lowest BCUT2D eigenvalue weighted by Gasteiger charge is -2.09. The molecule has 5 heteroatoms. The molecule has 0 bridgehead atoms.